The Morgan fingerprint density at radius 2 is 1.86 bits per heavy atom. The topological polar surface area (TPSA) is 91.0 Å². The highest BCUT2D eigenvalue weighted by atomic mass is 32.2. The number of rotatable bonds is 4. The van der Waals surface area contributed by atoms with Gasteiger partial charge in [0.05, 0.1) is 11.3 Å². The molecule has 0 fully saturated rings. The Morgan fingerprint density at radius 3 is 2.45 bits per heavy atom. The van der Waals surface area contributed by atoms with Gasteiger partial charge in [-0.2, -0.15) is 0 Å². The summed E-state index contributed by atoms with van der Waals surface area (Å²) in [6.45, 7) is 1.37. The Morgan fingerprint density at radius 1 is 1.23 bits per heavy atom. The van der Waals surface area contributed by atoms with E-state index >= 15 is 0 Å². The SMILES string of the molecule is CCS(=O)(=O)N(C)c1oc(-c2cccc(F)c2F)c(O)c1O. The summed E-state index contributed by atoms with van der Waals surface area (Å²) < 4.78 is 56.2. The lowest BCUT2D eigenvalue weighted by molar-refractivity contribution is 0.409. The molecule has 1 heterocycles. The van der Waals surface area contributed by atoms with Crippen LogP contribution in [0.1, 0.15) is 6.92 Å². The smallest absolute Gasteiger partial charge is 0.256 e. The van der Waals surface area contributed by atoms with Crippen molar-refractivity contribution in [3.05, 3.63) is 29.8 Å². The van der Waals surface area contributed by atoms with Gasteiger partial charge in [-0.3, -0.25) is 0 Å². The van der Waals surface area contributed by atoms with E-state index in [-0.39, 0.29) is 5.75 Å². The third kappa shape index (κ3) is 2.47. The summed E-state index contributed by atoms with van der Waals surface area (Å²) in [6.07, 6.45) is 0. The van der Waals surface area contributed by atoms with Gasteiger partial charge in [0.2, 0.25) is 21.5 Å². The average Bonchev–Trinajstić information content (AvgIpc) is 2.77. The summed E-state index contributed by atoms with van der Waals surface area (Å²) in [4.78, 5) is 0. The predicted molar refractivity (Wildman–Crippen MR) is 75.3 cm³/mol. The molecule has 0 unspecified atom stereocenters. The highest BCUT2D eigenvalue weighted by Gasteiger charge is 2.29. The van der Waals surface area contributed by atoms with E-state index in [1.807, 2.05) is 0 Å². The number of aromatic hydroxyl groups is 2. The molecule has 6 nitrogen and oxygen atoms in total. The summed E-state index contributed by atoms with van der Waals surface area (Å²) in [5.74, 6) is -5.66. The normalized spacial score (nSPS) is 11.6. The van der Waals surface area contributed by atoms with Crippen molar-refractivity contribution in [2.45, 2.75) is 6.92 Å². The fourth-order valence-electron chi connectivity index (χ4n) is 1.80. The van der Waals surface area contributed by atoms with Crippen molar-refractivity contribution < 1.29 is 31.8 Å². The lowest BCUT2D eigenvalue weighted by Gasteiger charge is -2.14. The van der Waals surface area contributed by atoms with Crippen LogP contribution in [0.3, 0.4) is 0 Å². The molecule has 0 bridgehead atoms. The molecule has 0 amide bonds. The quantitative estimate of drug-likeness (QED) is 0.897. The maximum atomic E-state index is 13.7. The third-order valence-electron chi connectivity index (χ3n) is 3.10. The van der Waals surface area contributed by atoms with Crippen LogP contribution in [-0.2, 0) is 10.0 Å². The van der Waals surface area contributed by atoms with Crippen LogP contribution in [0.4, 0.5) is 14.7 Å². The molecule has 0 saturated heterocycles. The Hall–Kier alpha value is -2.29. The molecule has 0 atom stereocenters. The monoisotopic (exact) mass is 333 g/mol. The molecule has 0 saturated carbocycles. The second-order valence-electron chi connectivity index (χ2n) is 4.40. The molecule has 2 N–H and O–H groups in total. The number of sulfonamides is 1. The Balaban J connectivity index is 2.63. The Bertz CT molecular complexity index is 816. The van der Waals surface area contributed by atoms with Crippen molar-refractivity contribution >= 4 is 15.9 Å². The maximum Gasteiger partial charge on any atom is 0.256 e. The summed E-state index contributed by atoms with van der Waals surface area (Å²) >= 11 is 0. The van der Waals surface area contributed by atoms with Gasteiger partial charge in [0.25, 0.3) is 5.88 Å². The molecular formula is C13H13F2NO5S. The number of hydrogen-bond acceptors (Lipinski definition) is 5. The molecule has 22 heavy (non-hydrogen) atoms. The number of furan rings is 1. The minimum absolute atomic E-state index is 0.284. The zero-order valence-corrected chi connectivity index (χ0v) is 12.5. The van der Waals surface area contributed by atoms with E-state index in [4.69, 9.17) is 4.42 Å². The average molecular weight is 333 g/mol. The Labute approximate surface area is 125 Å². The zero-order valence-electron chi connectivity index (χ0n) is 11.7. The third-order valence-corrected chi connectivity index (χ3v) is 4.83. The van der Waals surface area contributed by atoms with E-state index < -0.39 is 50.4 Å². The van der Waals surface area contributed by atoms with Gasteiger partial charge in [-0.25, -0.2) is 21.5 Å². The highest BCUT2D eigenvalue weighted by molar-refractivity contribution is 7.92. The fraction of sp³-hybridized carbons (Fsp3) is 0.231. The molecule has 1 aromatic heterocycles. The van der Waals surface area contributed by atoms with E-state index in [9.17, 15) is 27.4 Å². The molecule has 2 rings (SSSR count). The summed E-state index contributed by atoms with van der Waals surface area (Å²) in [5.41, 5.74) is -0.443. The summed E-state index contributed by atoms with van der Waals surface area (Å²) in [7, 11) is -2.68. The first kappa shape index (κ1) is 16.1. The van der Waals surface area contributed by atoms with Gasteiger partial charge in [-0.1, -0.05) is 6.07 Å². The number of nitrogens with zero attached hydrogens (tertiary/aromatic N) is 1. The van der Waals surface area contributed by atoms with Crippen molar-refractivity contribution in [2.75, 3.05) is 17.1 Å². The first-order valence-electron chi connectivity index (χ1n) is 6.16. The van der Waals surface area contributed by atoms with Gasteiger partial charge in [0, 0.05) is 7.05 Å². The molecule has 120 valence electrons. The van der Waals surface area contributed by atoms with Crippen molar-refractivity contribution in [3.63, 3.8) is 0 Å². The van der Waals surface area contributed by atoms with Crippen molar-refractivity contribution in [1.82, 2.24) is 0 Å². The molecular weight excluding hydrogens is 320 g/mol. The number of hydrogen-bond donors (Lipinski definition) is 2. The van der Waals surface area contributed by atoms with Crippen LogP contribution in [0.25, 0.3) is 11.3 Å². The van der Waals surface area contributed by atoms with Gasteiger partial charge in [-0.15, -0.1) is 0 Å². The van der Waals surface area contributed by atoms with Crippen LogP contribution < -0.4 is 4.31 Å². The van der Waals surface area contributed by atoms with E-state index in [0.717, 1.165) is 19.2 Å². The first-order chi connectivity index (χ1) is 10.2. The number of anilines is 1. The van der Waals surface area contributed by atoms with Gasteiger partial charge < -0.3 is 14.6 Å². The van der Waals surface area contributed by atoms with Gasteiger partial charge >= 0.3 is 0 Å². The van der Waals surface area contributed by atoms with Crippen LogP contribution >= 0.6 is 0 Å². The molecule has 0 radical (unpaired) electrons. The predicted octanol–water partition coefficient (Wildman–Crippen LogP) is 2.42. The van der Waals surface area contributed by atoms with E-state index in [1.165, 1.54) is 13.0 Å². The van der Waals surface area contributed by atoms with Crippen LogP contribution in [0.5, 0.6) is 11.5 Å². The minimum Gasteiger partial charge on any atom is -0.502 e. The lowest BCUT2D eigenvalue weighted by Crippen LogP contribution is -2.27. The summed E-state index contributed by atoms with van der Waals surface area (Å²) in [5, 5.41) is 19.6. The Kier molecular flexibility index (Phi) is 4.01. The fourth-order valence-corrected chi connectivity index (χ4v) is 2.56. The molecule has 2 aromatic rings. The van der Waals surface area contributed by atoms with E-state index in [1.54, 1.807) is 0 Å². The molecule has 0 spiro atoms. The van der Waals surface area contributed by atoms with Crippen LogP contribution in [0, 0.1) is 11.6 Å². The van der Waals surface area contributed by atoms with E-state index in [2.05, 4.69) is 0 Å². The molecule has 1 aromatic carbocycles. The lowest BCUT2D eigenvalue weighted by atomic mass is 10.1. The van der Waals surface area contributed by atoms with E-state index in [0.29, 0.717) is 4.31 Å². The van der Waals surface area contributed by atoms with Crippen molar-refractivity contribution in [1.29, 1.82) is 0 Å². The minimum atomic E-state index is -3.78. The summed E-state index contributed by atoms with van der Waals surface area (Å²) in [6, 6.07) is 3.17. The van der Waals surface area contributed by atoms with Crippen LogP contribution in [-0.4, -0.2) is 31.4 Å². The van der Waals surface area contributed by atoms with Crippen LogP contribution in [0.2, 0.25) is 0 Å². The second-order valence-corrected chi connectivity index (χ2v) is 6.69. The number of halogens is 2. The number of benzene rings is 1. The standard InChI is InChI=1S/C13H13F2NO5S/c1-3-22(19,20)16(2)13-11(18)10(17)12(21-13)7-5-4-6-8(14)9(7)15/h4-6,17-18H,3H2,1-2H3. The van der Waals surface area contributed by atoms with Crippen molar-refractivity contribution in [3.8, 4) is 22.8 Å². The van der Waals surface area contributed by atoms with Gasteiger partial charge in [0.1, 0.15) is 0 Å². The van der Waals surface area contributed by atoms with Gasteiger partial charge in [-0.05, 0) is 19.1 Å². The molecule has 9 heteroatoms. The van der Waals surface area contributed by atoms with Crippen LogP contribution in [0.15, 0.2) is 22.6 Å². The first-order valence-corrected chi connectivity index (χ1v) is 7.77. The van der Waals surface area contributed by atoms with Crippen molar-refractivity contribution in [2.24, 2.45) is 0 Å². The zero-order chi connectivity index (χ0) is 16.7. The maximum absolute atomic E-state index is 13.7. The highest BCUT2D eigenvalue weighted by Crippen LogP contribution is 2.47. The largest absolute Gasteiger partial charge is 0.502 e. The van der Waals surface area contributed by atoms with Gasteiger partial charge in [0.15, 0.2) is 17.4 Å². The molecule has 0 aliphatic carbocycles. The molecule has 0 aliphatic heterocycles. The molecule has 0 aliphatic rings. The second kappa shape index (κ2) is 5.48.